The molecule has 0 N–H and O–H groups in total. The number of carboxylic acid groups (broad SMARTS) is 1. The second kappa shape index (κ2) is 10.1. The molecule has 1 aromatic carbocycles. The van der Waals surface area contributed by atoms with Crippen LogP contribution in [0.5, 0.6) is 0 Å². The predicted molar refractivity (Wildman–Crippen MR) is 102 cm³/mol. The summed E-state index contributed by atoms with van der Waals surface area (Å²) in [6.45, 7) is 8.35. The van der Waals surface area contributed by atoms with Crippen molar-refractivity contribution in [3.8, 4) is 0 Å². The van der Waals surface area contributed by atoms with Gasteiger partial charge in [-0.05, 0) is 24.5 Å². The van der Waals surface area contributed by atoms with Crippen LogP contribution in [0, 0.1) is 6.92 Å². The zero-order chi connectivity index (χ0) is 18.9. The van der Waals surface area contributed by atoms with Crippen molar-refractivity contribution < 1.29 is 14.5 Å². The van der Waals surface area contributed by atoms with Gasteiger partial charge in [-0.1, -0.05) is 63.3 Å². The van der Waals surface area contributed by atoms with Crippen LogP contribution in [0.3, 0.4) is 0 Å². The third kappa shape index (κ3) is 5.45. The Bertz CT molecular complexity index is 702. The number of hydrogen-bond donors (Lipinski definition) is 0. The highest BCUT2D eigenvalue weighted by atomic mass is 16.4. The Morgan fingerprint density at radius 3 is 2.31 bits per heavy atom. The van der Waals surface area contributed by atoms with Crippen molar-refractivity contribution in [1.29, 1.82) is 0 Å². The topological polar surface area (TPSA) is 48.9 Å². The molecular weight excluding hydrogens is 324 g/mol. The molecule has 0 atom stereocenters. The van der Waals surface area contributed by atoms with Gasteiger partial charge in [-0.25, -0.2) is 9.13 Å². The maximum absolute atomic E-state index is 10.9. The first-order chi connectivity index (χ1) is 12.6. The van der Waals surface area contributed by atoms with E-state index in [0.717, 1.165) is 25.1 Å². The molecule has 1 aromatic heterocycles. The number of aryl methyl sites for hydroxylation is 1. The Morgan fingerprint density at radius 2 is 1.69 bits per heavy atom. The number of unbranched alkanes of at least 4 members (excludes halogenated alkanes) is 5. The van der Waals surface area contributed by atoms with Crippen molar-refractivity contribution in [1.82, 2.24) is 4.57 Å². The Balaban J connectivity index is 2.06. The maximum Gasteiger partial charge on any atom is 0.256 e. The summed E-state index contributed by atoms with van der Waals surface area (Å²) in [5.74, 6) is 0.241. The standard InChI is InChI=1S/C22H32N2O2/c1-4-6-7-8-9-10-11-21-23(16-18(3)24(21)5-2)17-19-12-14-20(15-13-19)22(25)26/h12-16H,4-11,17H2,1-3H3. The second-order valence-electron chi connectivity index (χ2n) is 7.06. The Kier molecular flexibility index (Phi) is 7.89. The summed E-state index contributed by atoms with van der Waals surface area (Å²) in [6.07, 6.45) is 11.1. The van der Waals surface area contributed by atoms with Crippen molar-refractivity contribution in [3.63, 3.8) is 0 Å². The summed E-state index contributed by atoms with van der Waals surface area (Å²) < 4.78 is 4.71. The number of benzene rings is 1. The van der Waals surface area contributed by atoms with Crippen LogP contribution in [0.25, 0.3) is 0 Å². The summed E-state index contributed by atoms with van der Waals surface area (Å²) in [7, 11) is 0. The molecule has 26 heavy (non-hydrogen) atoms. The Labute approximate surface area is 157 Å². The zero-order valence-corrected chi connectivity index (χ0v) is 16.5. The molecule has 0 radical (unpaired) electrons. The molecule has 0 saturated heterocycles. The molecule has 0 spiro atoms. The van der Waals surface area contributed by atoms with E-state index in [1.807, 2.05) is 12.1 Å². The largest absolute Gasteiger partial charge is 0.545 e. The molecule has 2 rings (SSSR count). The van der Waals surface area contributed by atoms with E-state index < -0.39 is 5.97 Å². The van der Waals surface area contributed by atoms with Gasteiger partial charge in [-0.15, -0.1) is 0 Å². The molecule has 0 aliphatic heterocycles. The van der Waals surface area contributed by atoms with Gasteiger partial charge in [0.1, 0.15) is 18.4 Å². The van der Waals surface area contributed by atoms with Gasteiger partial charge in [0.25, 0.3) is 5.82 Å². The quantitative estimate of drug-likeness (QED) is 0.457. The molecule has 0 bridgehead atoms. The van der Waals surface area contributed by atoms with Gasteiger partial charge in [0, 0.05) is 13.3 Å². The molecular formula is C22H32N2O2. The highest BCUT2D eigenvalue weighted by molar-refractivity contribution is 5.85. The number of imidazole rings is 1. The fraction of sp³-hybridized carbons (Fsp3) is 0.545. The maximum atomic E-state index is 10.9. The van der Waals surface area contributed by atoms with Crippen LogP contribution < -0.4 is 9.67 Å². The van der Waals surface area contributed by atoms with Crippen LogP contribution in [0.15, 0.2) is 30.5 Å². The number of rotatable bonds is 11. The molecule has 0 unspecified atom stereocenters. The predicted octanol–water partition coefficient (Wildman–Crippen LogP) is 3.42. The minimum atomic E-state index is -1.12. The summed E-state index contributed by atoms with van der Waals surface area (Å²) in [5.41, 5.74) is 2.62. The first-order valence-electron chi connectivity index (χ1n) is 9.95. The normalized spacial score (nSPS) is 11.0. The first-order valence-corrected chi connectivity index (χ1v) is 9.95. The zero-order valence-electron chi connectivity index (χ0n) is 16.5. The van der Waals surface area contributed by atoms with E-state index in [0.29, 0.717) is 0 Å². The lowest BCUT2D eigenvalue weighted by Crippen LogP contribution is -2.37. The lowest BCUT2D eigenvalue weighted by Gasteiger charge is -2.07. The van der Waals surface area contributed by atoms with Crippen LogP contribution in [0.2, 0.25) is 0 Å². The molecule has 1 heterocycles. The van der Waals surface area contributed by atoms with E-state index in [-0.39, 0.29) is 5.56 Å². The SMILES string of the molecule is CCCCCCCCc1n(CC)c(C)c[n+]1Cc1ccc(C(=O)[O-])cc1. The minimum Gasteiger partial charge on any atom is -0.545 e. The van der Waals surface area contributed by atoms with E-state index in [1.165, 1.54) is 50.0 Å². The van der Waals surface area contributed by atoms with Crippen LogP contribution in [-0.2, 0) is 19.5 Å². The average Bonchev–Trinajstić information content (AvgIpc) is 2.92. The van der Waals surface area contributed by atoms with E-state index >= 15 is 0 Å². The molecule has 0 aliphatic carbocycles. The highest BCUT2D eigenvalue weighted by Gasteiger charge is 2.19. The lowest BCUT2D eigenvalue weighted by atomic mass is 10.1. The number of nitrogens with zero attached hydrogens (tertiary/aromatic N) is 2. The van der Waals surface area contributed by atoms with Crippen molar-refractivity contribution in [2.75, 3.05) is 0 Å². The van der Waals surface area contributed by atoms with Crippen molar-refractivity contribution in [3.05, 3.63) is 53.1 Å². The third-order valence-corrected chi connectivity index (χ3v) is 5.02. The van der Waals surface area contributed by atoms with Crippen LogP contribution in [0.4, 0.5) is 0 Å². The molecule has 0 saturated carbocycles. The van der Waals surface area contributed by atoms with Gasteiger partial charge in [-0.2, -0.15) is 0 Å². The first kappa shape index (κ1) is 20.2. The van der Waals surface area contributed by atoms with Crippen molar-refractivity contribution in [2.45, 2.75) is 78.8 Å². The van der Waals surface area contributed by atoms with Crippen LogP contribution in [-0.4, -0.2) is 10.5 Å². The number of aromatic nitrogens is 2. The molecule has 4 heteroatoms. The Morgan fingerprint density at radius 1 is 1.04 bits per heavy atom. The van der Waals surface area contributed by atoms with E-state index in [4.69, 9.17) is 0 Å². The molecule has 0 amide bonds. The van der Waals surface area contributed by atoms with Gasteiger partial charge < -0.3 is 9.90 Å². The highest BCUT2D eigenvalue weighted by Crippen LogP contribution is 2.12. The summed E-state index contributed by atoms with van der Waals surface area (Å²) in [4.78, 5) is 10.9. The van der Waals surface area contributed by atoms with Gasteiger partial charge in [-0.3, -0.25) is 0 Å². The van der Waals surface area contributed by atoms with E-state index in [9.17, 15) is 9.90 Å². The number of carbonyl (C=O) groups excluding carboxylic acids is 1. The van der Waals surface area contributed by atoms with Crippen molar-refractivity contribution in [2.24, 2.45) is 0 Å². The third-order valence-electron chi connectivity index (χ3n) is 5.02. The number of aromatic carboxylic acids is 1. The number of carboxylic acids is 1. The molecule has 0 aliphatic rings. The average molecular weight is 357 g/mol. The van der Waals surface area contributed by atoms with Gasteiger partial charge >= 0.3 is 0 Å². The number of carbonyl (C=O) groups is 1. The Hall–Kier alpha value is -2.10. The van der Waals surface area contributed by atoms with E-state index in [2.05, 4.69) is 36.1 Å². The summed E-state index contributed by atoms with van der Waals surface area (Å²) in [5, 5.41) is 10.9. The number of hydrogen-bond acceptors (Lipinski definition) is 2. The fourth-order valence-electron chi connectivity index (χ4n) is 3.58. The van der Waals surface area contributed by atoms with Gasteiger partial charge in [0.15, 0.2) is 0 Å². The smallest absolute Gasteiger partial charge is 0.256 e. The monoisotopic (exact) mass is 356 g/mol. The second-order valence-corrected chi connectivity index (χ2v) is 7.06. The van der Waals surface area contributed by atoms with Gasteiger partial charge in [0.05, 0.1) is 12.5 Å². The molecule has 142 valence electrons. The fourth-order valence-corrected chi connectivity index (χ4v) is 3.58. The minimum absolute atomic E-state index is 0.230. The molecule has 2 aromatic rings. The summed E-state index contributed by atoms with van der Waals surface area (Å²) >= 11 is 0. The van der Waals surface area contributed by atoms with E-state index in [1.54, 1.807) is 12.1 Å². The van der Waals surface area contributed by atoms with Crippen molar-refractivity contribution >= 4 is 5.97 Å². The summed E-state index contributed by atoms with van der Waals surface area (Å²) in [6, 6.07) is 7.02. The van der Waals surface area contributed by atoms with Crippen LogP contribution >= 0.6 is 0 Å². The van der Waals surface area contributed by atoms with Gasteiger partial charge in [0.2, 0.25) is 0 Å². The lowest BCUT2D eigenvalue weighted by molar-refractivity contribution is -0.695. The molecule has 4 nitrogen and oxygen atoms in total. The van der Waals surface area contributed by atoms with Crippen LogP contribution in [0.1, 0.15) is 79.8 Å². The molecule has 0 fully saturated rings.